The molecule has 4 rings (SSSR count). The van der Waals surface area contributed by atoms with E-state index in [2.05, 4.69) is 4.90 Å². The lowest BCUT2D eigenvalue weighted by atomic mass is 10.1. The van der Waals surface area contributed by atoms with Gasteiger partial charge in [-0.25, -0.2) is 4.90 Å². The topological polar surface area (TPSA) is 49.9 Å². The third kappa shape index (κ3) is 2.29. The predicted molar refractivity (Wildman–Crippen MR) is 91.8 cm³/mol. The van der Waals surface area contributed by atoms with Crippen LogP contribution in [0.25, 0.3) is 0 Å². The first-order chi connectivity index (χ1) is 11.7. The van der Waals surface area contributed by atoms with Crippen molar-refractivity contribution in [1.82, 2.24) is 0 Å². The van der Waals surface area contributed by atoms with Crippen molar-refractivity contribution in [2.24, 2.45) is 0 Å². The Morgan fingerprint density at radius 2 is 1.54 bits per heavy atom. The number of anilines is 2. The molecule has 0 unspecified atom stereocenters. The Hall–Kier alpha value is -2.66. The van der Waals surface area contributed by atoms with Gasteiger partial charge < -0.3 is 9.64 Å². The van der Waals surface area contributed by atoms with Crippen molar-refractivity contribution in [3.8, 4) is 0 Å². The van der Waals surface area contributed by atoms with Gasteiger partial charge in [0.2, 0.25) is 0 Å². The van der Waals surface area contributed by atoms with Gasteiger partial charge in [0.1, 0.15) is 0 Å². The number of hydrogen-bond acceptors (Lipinski definition) is 4. The Morgan fingerprint density at radius 3 is 2.12 bits per heavy atom. The minimum atomic E-state index is -0.255. The summed E-state index contributed by atoms with van der Waals surface area (Å²) in [5.74, 6) is -0.511. The predicted octanol–water partition coefficient (Wildman–Crippen LogP) is 2.63. The molecule has 0 aliphatic carbocycles. The van der Waals surface area contributed by atoms with Crippen LogP contribution in [0.5, 0.6) is 0 Å². The SMILES string of the molecule is Cc1cc(N2C(=O)c3ccccc3C2=O)ccc1N1CCOCC1. The Labute approximate surface area is 140 Å². The Morgan fingerprint density at radius 1 is 0.917 bits per heavy atom. The zero-order chi connectivity index (χ0) is 16.7. The molecule has 2 aliphatic heterocycles. The molecular formula is C19H18N2O3. The van der Waals surface area contributed by atoms with Crippen LogP contribution in [0.3, 0.4) is 0 Å². The van der Waals surface area contributed by atoms with Gasteiger partial charge in [0.15, 0.2) is 0 Å². The molecule has 0 saturated carbocycles. The fourth-order valence-corrected chi connectivity index (χ4v) is 3.36. The minimum Gasteiger partial charge on any atom is -0.378 e. The fraction of sp³-hybridized carbons (Fsp3) is 0.263. The largest absolute Gasteiger partial charge is 0.378 e. The molecule has 5 heteroatoms. The van der Waals surface area contributed by atoms with Gasteiger partial charge >= 0.3 is 0 Å². The summed E-state index contributed by atoms with van der Waals surface area (Å²) in [4.78, 5) is 28.7. The number of ether oxygens (including phenoxy) is 1. The second-order valence-electron chi connectivity index (χ2n) is 6.06. The lowest BCUT2D eigenvalue weighted by Gasteiger charge is -2.30. The number of fused-ring (bicyclic) bond motifs is 1. The molecule has 0 N–H and O–H groups in total. The monoisotopic (exact) mass is 322 g/mol. The van der Waals surface area contributed by atoms with E-state index < -0.39 is 0 Å². The lowest BCUT2D eigenvalue weighted by molar-refractivity contribution is 0.0926. The zero-order valence-corrected chi connectivity index (χ0v) is 13.5. The van der Waals surface area contributed by atoms with Gasteiger partial charge in [-0.15, -0.1) is 0 Å². The van der Waals surface area contributed by atoms with E-state index in [4.69, 9.17) is 4.74 Å². The lowest BCUT2D eigenvalue weighted by Crippen LogP contribution is -2.36. The number of amides is 2. The average molecular weight is 322 g/mol. The van der Waals surface area contributed by atoms with Crippen molar-refractivity contribution in [2.75, 3.05) is 36.1 Å². The highest BCUT2D eigenvalue weighted by molar-refractivity contribution is 6.34. The van der Waals surface area contributed by atoms with Gasteiger partial charge in [-0.1, -0.05) is 12.1 Å². The van der Waals surface area contributed by atoms with Gasteiger partial charge in [-0.05, 0) is 42.8 Å². The summed E-state index contributed by atoms with van der Waals surface area (Å²) in [6.45, 7) is 5.16. The van der Waals surface area contributed by atoms with Gasteiger partial charge in [0.25, 0.3) is 11.8 Å². The second kappa shape index (κ2) is 5.76. The number of imide groups is 1. The smallest absolute Gasteiger partial charge is 0.266 e. The van der Waals surface area contributed by atoms with Crippen molar-refractivity contribution >= 4 is 23.2 Å². The summed E-state index contributed by atoms with van der Waals surface area (Å²) in [6.07, 6.45) is 0. The number of nitrogens with zero attached hydrogens (tertiary/aromatic N) is 2. The quantitative estimate of drug-likeness (QED) is 0.798. The Kier molecular flexibility index (Phi) is 3.58. The highest BCUT2D eigenvalue weighted by Crippen LogP contribution is 2.31. The first kappa shape index (κ1) is 14.9. The molecule has 0 atom stereocenters. The van der Waals surface area contributed by atoms with E-state index >= 15 is 0 Å². The van der Waals surface area contributed by atoms with E-state index in [1.165, 1.54) is 4.90 Å². The summed E-state index contributed by atoms with van der Waals surface area (Å²) in [6, 6.07) is 12.7. The van der Waals surface area contributed by atoms with E-state index in [1.54, 1.807) is 24.3 Å². The van der Waals surface area contributed by atoms with Crippen LogP contribution in [0.2, 0.25) is 0 Å². The molecule has 24 heavy (non-hydrogen) atoms. The van der Waals surface area contributed by atoms with E-state index in [9.17, 15) is 9.59 Å². The van der Waals surface area contributed by atoms with E-state index in [0.29, 0.717) is 16.8 Å². The highest BCUT2D eigenvalue weighted by atomic mass is 16.5. The third-order valence-corrected chi connectivity index (χ3v) is 4.58. The van der Waals surface area contributed by atoms with Crippen LogP contribution < -0.4 is 9.80 Å². The van der Waals surface area contributed by atoms with Crippen LogP contribution >= 0.6 is 0 Å². The van der Waals surface area contributed by atoms with Crippen molar-refractivity contribution in [2.45, 2.75) is 6.92 Å². The van der Waals surface area contributed by atoms with Crippen LogP contribution in [-0.4, -0.2) is 38.1 Å². The molecule has 0 radical (unpaired) electrons. The number of hydrogen-bond donors (Lipinski definition) is 0. The summed E-state index contributed by atoms with van der Waals surface area (Å²) >= 11 is 0. The summed E-state index contributed by atoms with van der Waals surface area (Å²) in [5, 5.41) is 0. The molecule has 2 aliphatic rings. The van der Waals surface area contributed by atoms with Crippen molar-refractivity contribution < 1.29 is 14.3 Å². The molecular weight excluding hydrogens is 304 g/mol. The Bertz CT molecular complexity index is 790. The molecule has 0 aromatic heterocycles. The number of rotatable bonds is 2. The minimum absolute atomic E-state index is 0.255. The summed E-state index contributed by atoms with van der Waals surface area (Å²) < 4.78 is 5.39. The number of carbonyl (C=O) groups is 2. The van der Waals surface area contributed by atoms with E-state index in [-0.39, 0.29) is 11.8 Å². The molecule has 0 bridgehead atoms. The van der Waals surface area contributed by atoms with Crippen LogP contribution in [0.4, 0.5) is 11.4 Å². The normalized spacial score (nSPS) is 17.4. The van der Waals surface area contributed by atoms with Crippen LogP contribution in [0, 0.1) is 6.92 Å². The maximum atomic E-state index is 12.6. The molecule has 2 aromatic carbocycles. The molecule has 0 spiro atoms. The number of carbonyl (C=O) groups excluding carboxylic acids is 2. The summed E-state index contributed by atoms with van der Waals surface area (Å²) in [5.41, 5.74) is 3.73. The third-order valence-electron chi connectivity index (χ3n) is 4.58. The number of aryl methyl sites for hydroxylation is 1. The molecule has 1 saturated heterocycles. The first-order valence-electron chi connectivity index (χ1n) is 8.08. The molecule has 2 aromatic rings. The van der Waals surface area contributed by atoms with Gasteiger partial charge in [0.05, 0.1) is 30.0 Å². The first-order valence-corrected chi connectivity index (χ1v) is 8.08. The van der Waals surface area contributed by atoms with Gasteiger partial charge in [-0.3, -0.25) is 9.59 Å². The van der Waals surface area contributed by atoms with Crippen molar-refractivity contribution in [3.05, 3.63) is 59.2 Å². The second-order valence-corrected chi connectivity index (χ2v) is 6.06. The zero-order valence-electron chi connectivity index (χ0n) is 13.5. The van der Waals surface area contributed by atoms with E-state index in [1.807, 2.05) is 25.1 Å². The van der Waals surface area contributed by atoms with Gasteiger partial charge in [-0.2, -0.15) is 0 Å². The van der Waals surface area contributed by atoms with E-state index in [0.717, 1.165) is 37.6 Å². The maximum absolute atomic E-state index is 12.6. The van der Waals surface area contributed by atoms with Crippen molar-refractivity contribution in [1.29, 1.82) is 0 Å². The van der Waals surface area contributed by atoms with Crippen LogP contribution in [0.15, 0.2) is 42.5 Å². The van der Waals surface area contributed by atoms with Crippen LogP contribution in [-0.2, 0) is 4.74 Å². The fourth-order valence-electron chi connectivity index (χ4n) is 3.36. The van der Waals surface area contributed by atoms with Crippen LogP contribution in [0.1, 0.15) is 26.3 Å². The summed E-state index contributed by atoms with van der Waals surface area (Å²) in [7, 11) is 0. The Balaban J connectivity index is 1.67. The number of morpholine rings is 1. The van der Waals surface area contributed by atoms with Crippen molar-refractivity contribution in [3.63, 3.8) is 0 Å². The highest BCUT2D eigenvalue weighted by Gasteiger charge is 2.36. The molecule has 1 fully saturated rings. The average Bonchev–Trinajstić information content (AvgIpc) is 2.87. The molecule has 2 heterocycles. The maximum Gasteiger partial charge on any atom is 0.266 e. The molecule has 2 amide bonds. The molecule has 122 valence electrons. The van der Waals surface area contributed by atoms with Gasteiger partial charge in [0, 0.05) is 18.8 Å². The number of benzene rings is 2. The molecule has 5 nitrogen and oxygen atoms in total. The standard InChI is InChI=1S/C19H18N2O3/c1-13-12-14(6-7-17(13)20-8-10-24-11-9-20)21-18(22)15-4-2-3-5-16(15)19(21)23/h2-7,12H,8-11H2,1H3.